The second kappa shape index (κ2) is 10.8. The van der Waals surface area contributed by atoms with Crippen LogP contribution in [0.1, 0.15) is 37.9 Å². The van der Waals surface area contributed by atoms with Crippen LogP contribution in [-0.2, 0) is 22.7 Å². The van der Waals surface area contributed by atoms with E-state index < -0.39 is 29.2 Å². The number of rotatable bonds is 8. The Hall–Kier alpha value is -4.27. The second-order valence-electron chi connectivity index (χ2n) is 9.73. The predicted octanol–water partition coefficient (Wildman–Crippen LogP) is 4.26. The quantitative estimate of drug-likeness (QED) is 0.388. The number of nitrogens with zero attached hydrogens (tertiary/aromatic N) is 4. The summed E-state index contributed by atoms with van der Waals surface area (Å²) in [5, 5.41) is 11.2. The van der Waals surface area contributed by atoms with Gasteiger partial charge < -0.3 is 15.0 Å². The molecule has 8 nitrogen and oxygen atoms in total. The van der Waals surface area contributed by atoms with Crippen LogP contribution in [0.5, 0.6) is 5.75 Å². The number of aromatic nitrogens is 3. The summed E-state index contributed by atoms with van der Waals surface area (Å²) in [7, 11) is 1.53. The molecule has 3 aromatic carbocycles. The fraction of sp³-hybridized carbons (Fsp3) is 0.286. The van der Waals surface area contributed by atoms with Crippen LogP contribution in [0.15, 0.2) is 72.8 Å². The normalized spacial score (nSPS) is 12.2. The van der Waals surface area contributed by atoms with Crippen molar-refractivity contribution in [1.29, 1.82) is 0 Å². The van der Waals surface area contributed by atoms with Gasteiger partial charge in [0.1, 0.15) is 29.7 Å². The second-order valence-corrected chi connectivity index (χ2v) is 9.73. The molecule has 0 unspecified atom stereocenters. The van der Waals surface area contributed by atoms with Gasteiger partial charge in [-0.15, -0.1) is 5.10 Å². The van der Waals surface area contributed by atoms with Crippen molar-refractivity contribution in [2.45, 2.75) is 45.4 Å². The van der Waals surface area contributed by atoms with Crippen molar-refractivity contribution in [3.8, 4) is 5.75 Å². The van der Waals surface area contributed by atoms with Gasteiger partial charge in [-0.2, -0.15) is 0 Å². The Kier molecular flexibility index (Phi) is 7.52. The number of carbonyl (C=O) groups excluding carboxylic acids is 2. The lowest BCUT2D eigenvalue weighted by atomic mass is 10.00. The largest absolute Gasteiger partial charge is 0.496 e. The number of carbonyl (C=O) groups is 2. The van der Waals surface area contributed by atoms with E-state index in [0.29, 0.717) is 22.3 Å². The van der Waals surface area contributed by atoms with Crippen LogP contribution in [0.3, 0.4) is 0 Å². The summed E-state index contributed by atoms with van der Waals surface area (Å²) in [6, 6.07) is 19.3. The molecule has 1 aromatic heterocycles. The molecule has 0 fully saturated rings. The summed E-state index contributed by atoms with van der Waals surface area (Å²) in [5.41, 5.74) is 1.47. The minimum Gasteiger partial charge on any atom is -0.496 e. The predicted molar refractivity (Wildman–Crippen MR) is 138 cm³/mol. The maximum atomic E-state index is 15.2. The molecular weight excluding hydrogens is 473 g/mol. The summed E-state index contributed by atoms with van der Waals surface area (Å²) in [4.78, 5) is 29.0. The molecule has 1 atom stereocenters. The van der Waals surface area contributed by atoms with Crippen molar-refractivity contribution >= 4 is 22.8 Å². The molecule has 1 heterocycles. The average Bonchev–Trinajstić information content (AvgIpc) is 3.26. The van der Waals surface area contributed by atoms with Crippen molar-refractivity contribution in [3.63, 3.8) is 0 Å². The number of ether oxygens (including phenoxy) is 1. The fourth-order valence-corrected chi connectivity index (χ4v) is 4.18. The highest BCUT2D eigenvalue weighted by molar-refractivity contribution is 5.89. The summed E-state index contributed by atoms with van der Waals surface area (Å²) in [6.45, 7) is 5.31. The number of hydrogen-bond donors (Lipinski definition) is 1. The van der Waals surface area contributed by atoms with Crippen molar-refractivity contribution in [1.82, 2.24) is 25.2 Å². The number of methoxy groups -OCH3 is 1. The number of halogens is 1. The highest BCUT2D eigenvalue weighted by Crippen LogP contribution is 2.29. The molecule has 0 saturated carbocycles. The van der Waals surface area contributed by atoms with E-state index in [1.807, 2.05) is 57.2 Å². The standard InChI is InChI=1S/C28H30FN5O3/c1-28(2,3)30-27(36)26(20-12-6-7-13-21(20)29)33(17-19-11-5-10-16-24(19)37-4)25(35)18-34-23-15-9-8-14-22(23)31-32-34/h5-16,26H,17-18H2,1-4H3,(H,30,36)/t26-/m1/s1. The summed E-state index contributed by atoms with van der Waals surface area (Å²) in [6.07, 6.45) is 0. The number of amides is 2. The van der Waals surface area contributed by atoms with Crippen LogP contribution < -0.4 is 10.1 Å². The number of hydrogen-bond acceptors (Lipinski definition) is 5. The molecule has 0 saturated heterocycles. The highest BCUT2D eigenvalue weighted by Gasteiger charge is 2.35. The Balaban J connectivity index is 1.81. The molecule has 9 heteroatoms. The summed E-state index contributed by atoms with van der Waals surface area (Å²) >= 11 is 0. The molecule has 37 heavy (non-hydrogen) atoms. The van der Waals surface area contributed by atoms with Gasteiger partial charge in [-0.25, -0.2) is 9.07 Å². The van der Waals surface area contributed by atoms with Gasteiger partial charge in [-0.1, -0.05) is 53.7 Å². The molecule has 4 aromatic rings. The molecule has 0 aliphatic rings. The van der Waals surface area contributed by atoms with Crippen LogP contribution in [-0.4, -0.2) is 44.4 Å². The van der Waals surface area contributed by atoms with E-state index in [4.69, 9.17) is 4.74 Å². The lowest BCUT2D eigenvalue weighted by Gasteiger charge is -2.34. The maximum absolute atomic E-state index is 15.2. The lowest BCUT2D eigenvalue weighted by molar-refractivity contribution is -0.143. The number of fused-ring (bicyclic) bond motifs is 1. The van der Waals surface area contributed by atoms with E-state index in [2.05, 4.69) is 15.6 Å². The Bertz CT molecular complexity index is 1410. The number of para-hydroxylation sites is 2. The van der Waals surface area contributed by atoms with Gasteiger partial charge in [0.25, 0.3) is 0 Å². The van der Waals surface area contributed by atoms with E-state index in [1.54, 1.807) is 24.3 Å². The van der Waals surface area contributed by atoms with Gasteiger partial charge in [0, 0.05) is 16.7 Å². The van der Waals surface area contributed by atoms with Crippen molar-refractivity contribution in [2.24, 2.45) is 0 Å². The van der Waals surface area contributed by atoms with Crippen LogP contribution in [0.25, 0.3) is 11.0 Å². The average molecular weight is 504 g/mol. The Morgan fingerprint density at radius 3 is 2.43 bits per heavy atom. The third-order valence-electron chi connectivity index (χ3n) is 5.82. The number of nitrogens with one attached hydrogen (secondary N) is 1. The van der Waals surface area contributed by atoms with Gasteiger partial charge in [0.15, 0.2) is 0 Å². The van der Waals surface area contributed by atoms with Crippen molar-refractivity contribution < 1.29 is 18.7 Å². The zero-order chi connectivity index (χ0) is 26.6. The van der Waals surface area contributed by atoms with Crippen molar-refractivity contribution in [3.05, 3.63) is 89.7 Å². The highest BCUT2D eigenvalue weighted by atomic mass is 19.1. The zero-order valence-corrected chi connectivity index (χ0v) is 21.3. The molecule has 192 valence electrons. The van der Waals surface area contributed by atoms with E-state index in [1.165, 1.54) is 28.8 Å². The third-order valence-corrected chi connectivity index (χ3v) is 5.82. The minimum atomic E-state index is -1.24. The molecular formula is C28H30FN5O3. The summed E-state index contributed by atoms with van der Waals surface area (Å²) < 4.78 is 22.1. The van der Waals surface area contributed by atoms with Gasteiger partial charge in [-0.3, -0.25) is 9.59 Å². The molecule has 0 radical (unpaired) electrons. The molecule has 4 rings (SSSR count). The third kappa shape index (κ3) is 5.94. The van der Waals surface area contributed by atoms with Crippen LogP contribution >= 0.6 is 0 Å². The molecule has 2 amide bonds. The van der Waals surface area contributed by atoms with E-state index in [0.717, 1.165) is 0 Å². The monoisotopic (exact) mass is 503 g/mol. The minimum absolute atomic E-state index is 0.00599. The Morgan fingerprint density at radius 2 is 1.70 bits per heavy atom. The summed E-state index contributed by atoms with van der Waals surface area (Å²) in [5.74, 6) is -0.959. The Labute approximate surface area is 215 Å². The van der Waals surface area contributed by atoms with E-state index >= 15 is 4.39 Å². The first-order valence-electron chi connectivity index (χ1n) is 11.9. The first kappa shape index (κ1) is 25.8. The van der Waals surface area contributed by atoms with Gasteiger partial charge in [0.2, 0.25) is 11.8 Å². The topological polar surface area (TPSA) is 89.3 Å². The molecule has 1 N–H and O–H groups in total. The molecule has 0 bridgehead atoms. The molecule has 0 spiro atoms. The van der Waals surface area contributed by atoms with Crippen LogP contribution in [0, 0.1) is 5.82 Å². The first-order valence-corrected chi connectivity index (χ1v) is 11.9. The van der Waals surface area contributed by atoms with Crippen LogP contribution in [0.2, 0.25) is 0 Å². The molecule has 0 aliphatic heterocycles. The maximum Gasteiger partial charge on any atom is 0.247 e. The van der Waals surface area contributed by atoms with Crippen molar-refractivity contribution in [2.75, 3.05) is 7.11 Å². The van der Waals surface area contributed by atoms with E-state index in [9.17, 15) is 9.59 Å². The fourth-order valence-electron chi connectivity index (χ4n) is 4.18. The Morgan fingerprint density at radius 1 is 1.03 bits per heavy atom. The first-order chi connectivity index (χ1) is 17.7. The number of benzene rings is 3. The SMILES string of the molecule is COc1ccccc1CN(C(=O)Cn1nnc2ccccc21)[C@@H](C(=O)NC(C)(C)C)c1ccccc1F. The smallest absolute Gasteiger partial charge is 0.247 e. The zero-order valence-electron chi connectivity index (χ0n) is 21.3. The molecule has 0 aliphatic carbocycles. The van der Waals surface area contributed by atoms with Gasteiger partial charge >= 0.3 is 0 Å². The van der Waals surface area contributed by atoms with Gasteiger partial charge in [0.05, 0.1) is 19.2 Å². The van der Waals surface area contributed by atoms with Crippen LogP contribution in [0.4, 0.5) is 4.39 Å². The van der Waals surface area contributed by atoms with E-state index in [-0.39, 0.29) is 18.7 Å². The lowest BCUT2D eigenvalue weighted by Crippen LogP contribution is -2.50. The van der Waals surface area contributed by atoms with Gasteiger partial charge in [-0.05, 0) is 45.0 Å².